The summed E-state index contributed by atoms with van der Waals surface area (Å²) in [5, 5.41) is 0. The molecule has 0 aromatic rings. The third kappa shape index (κ3) is 2.06. The van der Waals surface area contributed by atoms with E-state index < -0.39 is 83.5 Å². The van der Waals surface area contributed by atoms with E-state index >= 15 is 8.78 Å². The zero-order chi connectivity index (χ0) is 23.5. The standard InChI is InChI=1S/C15H9F13O2/c1-4(11(18,19)20)8(29)30-7-3-5-2-6(7)10(17)9(5,16)12(21,22)14(25,26)15(27,28)13(10,23)24/h5-7H,1-3H2. The molecule has 2 bridgehead atoms. The maximum absolute atomic E-state index is 15.2. The van der Waals surface area contributed by atoms with Gasteiger partial charge in [0.1, 0.15) is 11.7 Å². The fourth-order valence-corrected chi connectivity index (χ4v) is 4.56. The lowest BCUT2D eigenvalue weighted by atomic mass is 9.59. The van der Waals surface area contributed by atoms with Gasteiger partial charge in [-0.1, -0.05) is 6.58 Å². The number of rotatable bonds is 2. The maximum Gasteiger partial charge on any atom is 0.422 e. The van der Waals surface area contributed by atoms with E-state index in [1.54, 1.807) is 0 Å². The van der Waals surface area contributed by atoms with Gasteiger partial charge < -0.3 is 4.74 Å². The molecule has 3 rings (SSSR count). The minimum Gasteiger partial charge on any atom is -0.458 e. The van der Waals surface area contributed by atoms with Crippen LogP contribution in [0.2, 0.25) is 0 Å². The summed E-state index contributed by atoms with van der Waals surface area (Å²) in [7, 11) is 0. The number of ether oxygens (including phenoxy) is 1. The molecule has 0 N–H and O–H groups in total. The van der Waals surface area contributed by atoms with Gasteiger partial charge >= 0.3 is 35.8 Å². The number of hydrogen-bond donors (Lipinski definition) is 0. The average Bonchev–Trinajstić information content (AvgIpc) is 3.09. The molecule has 3 fully saturated rings. The van der Waals surface area contributed by atoms with Gasteiger partial charge in [0.05, 0.1) is 0 Å². The number of fused-ring (bicyclic) bond motifs is 5. The lowest BCUT2D eigenvalue weighted by molar-refractivity contribution is -0.472. The third-order valence-electron chi connectivity index (χ3n) is 6.05. The fraction of sp³-hybridized carbons (Fsp3) is 0.800. The van der Waals surface area contributed by atoms with Crippen molar-refractivity contribution in [2.24, 2.45) is 11.8 Å². The predicted octanol–water partition coefficient (Wildman–Crippen LogP) is 5.03. The van der Waals surface area contributed by atoms with E-state index in [4.69, 9.17) is 0 Å². The van der Waals surface area contributed by atoms with Gasteiger partial charge in [0.2, 0.25) is 11.3 Å². The van der Waals surface area contributed by atoms with E-state index in [1.165, 1.54) is 0 Å². The second-order valence-corrected chi connectivity index (χ2v) is 7.42. The van der Waals surface area contributed by atoms with Gasteiger partial charge in [0.25, 0.3) is 0 Å². The number of alkyl halides is 13. The zero-order valence-corrected chi connectivity index (χ0v) is 14.1. The molecule has 2 nitrogen and oxygen atoms in total. The minimum absolute atomic E-state index is 1.38. The van der Waals surface area contributed by atoms with Crippen molar-refractivity contribution in [3.8, 4) is 0 Å². The molecule has 172 valence electrons. The Morgan fingerprint density at radius 3 is 1.63 bits per heavy atom. The van der Waals surface area contributed by atoms with Gasteiger partial charge in [-0.2, -0.15) is 48.3 Å². The molecule has 0 heterocycles. The highest BCUT2D eigenvalue weighted by Gasteiger charge is 3.04. The minimum atomic E-state index is -7.08. The quantitative estimate of drug-likeness (QED) is 0.323. The highest BCUT2D eigenvalue weighted by molar-refractivity contribution is 5.89. The second-order valence-electron chi connectivity index (χ2n) is 7.42. The van der Waals surface area contributed by atoms with Gasteiger partial charge in [0.15, 0.2) is 0 Å². The van der Waals surface area contributed by atoms with Crippen LogP contribution in [0, 0.1) is 11.8 Å². The first-order valence-electron chi connectivity index (χ1n) is 8.00. The highest BCUT2D eigenvalue weighted by Crippen LogP contribution is 2.78. The highest BCUT2D eigenvalue weighted by atomic mass is 19.4. The van der Waals surface area contributed by atoms with Crippen molar-refractivity contribution in [2.45, 2.75) is 60.1 Å². The monoisotopic (exact) mass is 468 g/mol. The number of halogens is 13. The van der Waals surface area contributed by atoms with E-state index in [0.717, 1.165) is 0 Å². The van der Waals surface area contributed by atoms with Crippen molar-refractivity contribution in [2.75, 3.05) is 0 Å². The van der Waals surface area contributed by atoms with Gasteiger partial charge in [-0.3, -0.25) is 0 Å². The molecule has 0 aromatic carbocycles. The van der Waals surface area contributed by atoms with E-state index in [-0.39, 0.29) is 0 Å². The van der Waals surface area contributed by atoms with Gasteiger partial charge in [-0.25, -0.2) is 13.6 Å². The van der Waals surface area contributed by atoms with E-state index in [1.807, 2.05) is 0 Å². The summed E-state index contributed by atoms with van der Waals surface area (Å²) in [6.45, 7) is 2.28. The SMILES string of the molecule is C=C(C(=O)OC1CC2CC1C1(F)C(F)(F)C(F)(F)C(F)(F)C(F)(F)C21F)C(F)(F)F. The van der Waals surface area contributed by atoms with Crippen LogP contribution in [0.1, 0.15) is 12.8 Å². The molecule has 0 saturated heterocycles. The van der Waals surface area contributed by atoms with Crippen LogP contribution in [-0.2, 0) is 9.53 Å². The van der Waals surface area contributed by atoms with E-state index in [2.05, 4.69) is 11.3 Å². The summed E-state index contributed by atoms with van der Waals surface area (Å²) >= 11 is 0. The van der Waals surface area contributed by atoms with Crippen LogP contribution in [0.25, 0.3) is 0 Å². The summed E-state index contributed by atoms with van der Waals surface area (Å²) in [6, 6.07) is 0. The molecule has 15 heteroatoms. The summed E-state index contributed by atoms with van der Waals surface area (Å²) < 4.78 is 183. The van der Waals surface area contributed by atoms with Crippen molar-refractivity contribution < 1.29 is 66.6 Å². The lowest BCUT2D eigenvalue weighted by Gasteiger charge is -2.58. The van der Waals surface area contributed by atoms with Crippen LogP contribution < -0.4 is 0 Å². The van der Waals surface area contributed by atoms with Crippen molar-refractivity contribution >= 4 is 5.97 Å². The Morgan fingerprint density at radius 2 is 1.20 bits per heavy atom. The fourth-order valence-electron chi connectivity index (χ4n) is 4.56. The number of hydrogen-bond acceptors (Lipinski definition) is 2. The molecule has 5 atom stereocenters. The first kappa shape index (κ1) is 23.0. The van der Waals surface area contributed by atoms with Gasteiger partial charge in [-0.15, -0.1) is 0 Å². The number of esters is 1. The summed E-state index contributed by atoms with van der Waals surface area (Å²) in [5.41, 5.74) is -13.4. The zero-order valence-electron chi connectivity index (χ0n) is 14.1. The molecule has 3 aliphatic rings. The molecule has 0 spiro atoms. The Morgan fingerprint density at radius 1 is 0.767 bits per heavy atom. The van der Waals surface area contributed by atoms with Crippen LogP contribution in [0.5, 0.6) is 0 Å². The summed E-state index contributed by atoms with van der Waals surface area (Å²) in [6.07, 6.45) is -10.8. The predicted molar refractivity (Wildman–Crippen MR) is 68.8 cm³/mol. The molecule has 3 saturated carbocycles. The number of carbonyl (C=O) groups is 1. The maximum atomic E-state index is 15.2. The normalized spacial score (nSPS) is 42.5. The third-order valence-corrected chi connectivity index (χ3v) is 6.05. The first-order chi connectivity index (χ1) is 13.1. The second kappa shape index (κ2) is 5.56. The molecule has 0 amide bonds. The Kier molecular flexibility index (Phi) is 4.25. The van der Waals surface area contributed by atoms with Crippen LogP contribution in [0.3, 0.4) is 0 Å². The molecule has 0 aliphatic heterocycles. The first-order valence-corrected chi connectivity index (χ1v) is 8.00. The average molecular weight is 468 g/mol. The van der Waals surface area contributed by atoms with Gasteiger partial charge in [-0.05, 0) is 12.8 Å². The van der Waals surface area contributed by atoms with Crippen molar-refractivity contribution in [1.29, 1.82) is 0 Å². The largest absolute Gasteiger partial charge is 0.458 e. The molecule has 0 radical (unpaired) electrons. The van der Waals surface area contributed by atoms with E-state index in [9.17, 15) is 53.1 Å². The molecule has 3 aliphatic carbocycles. The summed E-state index contributed by atoms with van der Waals surface area (Å²) in [4.78, 5) is 11.4. The molecular weight excluding hydrogens is 459 g/mol. The Balaban J connectivity index is 2.08. The van der Waals surface area contributed by atoms with Crippen molar-refractivity contribution in [3.05, 3.63) is 12.2 Å². The smallest absolute Gasteiger partial charge is 0.422 e. The van der Waals surface area contributed by atoms with Crippen molar-refractivity contribution in [1.82, 2.24) is 0 Å². The lowest BCUT2D eigenvalue weighted by Crippen LogP contribution is -2.86. The van der Waals surface area contributed by atoms with Gasteiger partial charge in [0, 0.05) is 11.8 Å². The Labute approximate surface area is 158 Å². The van der Waals surface area contributed by atoms with Crippen LogP contribution >= 0.6 is 0 Å². The van der Waals surface area contributed by atoms with Crippen LogP contribution in [0.4, 0.5) is 57.1 Å². The summed E-state index contributed by atoms with van der Waals surface area (Å²) in [5.74, 6) is -35.7. The Bertz CT molecular complexity index is 803. The molecule has 30 heavy (non-hydrogen) atoms. The molecule has 0 aromatic heterocycles. The van der Waals surface area contributed by atoms with E-state index in [0.29, 0.717) is 0 Å². The topological polar surface area (TPSA) is 26.3 Å². The van der Waals surface area contributed by atoms with Crippen molar-refractivity contribution in [3.63, 3.8) is 0 Å². The molecular formula is C15H9F13O2. The van der Waals surface area contributed by atoms with Crippen LogP contribution in [0.15, 0.2) is 12.2 Å². The number of carbonyl (C=O) groups excluding carboxylic acids is 1. The van der Waals surface area contributed by atoms with Crippen LogP contribution in [-0.4, -0.2) is 53.3 Å². The Hall–Kier alpha value is -1.70. The molecule has 5 unspecified atom stereocenters.